The summed E-state index contributed by atoms with van der Waals surface area (Å²) in [5.74, 6) is -1.01. The zero-order valence-electron chi connectivity index (χ0n) is 17.6. The van der Waals surface area contributed by atoms with Crippen LogP contribution in [0.15, 0.2) is 64.2 Å². The molecule has 0 unspecified atom stereocenters. The van der Waals surface area contributed by atoms with Gasteiger partial charge in [0, 0.05) is 5.02 Å². The van der Waals surface area contributed by atoms with E-state index >= 15 is 0 Å². The van der Waals surface area contributed by atoms with E-state index in [0.717, 1.165) is 5.56 Å². The van der Waals surface area contributed by atoms with Crippen molar-refractivity contribution in [2.75, 3.05) is 12.4 Å². The maximum absolute atomic E-state index is 12.1. The van der Waals surface area contributed by atoms with Crippen molar-refractivity contribution in [1.82, 2.24) is 5.43 Å². The molecule has 2 N–H and O–H groups in total. The summed E-state index contributed by atoms with van der Waals surface area (Å²) in [5, 5.41) is 7.18. The second kappa shape index (κ2) is 12.1. The van der Waals surface area contributed by atoms with Gasteiger partial charge < -0.3 is 14.8 Å². The van der Waals surface area contributed by atoms with Gasteiger partial charge in [0.15, 0.2) is 11.5 Å². The number of carbonyl (C=O) groups excluding carboxylic acids is 2. The minimum atomic E-state index is -0.986. The normalized spacial score (nSPS) is 10.7. The van der Waals surface area contributed by atoms with E-state index in [1.165, 1.54) is 19.4 Å². The molecular formula is C23H17BrCl3N3O4. The van der Waals surface area contributed by atoms with Gasteiger partial charge in [-0.1, -0.05) is 53.0 Å². The molecular weight excluding hydrogens is 569 g/mol. The SMILES string of the molecule is COc1cc(/C=N/NC(=O)C(=O)Nc2cccc(Cl)c2Cl)cc(Br)c1OCc1cccc(Cl)c1. The van der Waals surface area contributed by atoms with Crippen LogP contribution in [0.25, 0.3) is 0 Å². The molecule has 0 fully saturated rings. The Balaban J connectivity index is 1.63. The Morgan fingerprint density at radius 3 is 2.56 bits per heavy atom. The first-order chi connectivity index (χ1) is 16.3. The smallest absolute Gasteiger partial charge is 0.329 e. The zero-order valence-corrected chi connectivity index (χ0v) is 21.4. The summed E-state index contributed by atoms with van der Waals surface area (Å²) in [6.07, 6.45) is 1.35. The van der Waals surface area contributed by atoms with Crippen LogP contribution in [0.5, 0.6) is 11.5 Å². The van der Waals surface area contributed by atoms with Crippen LogP contribution in [0.1, 0.15) is 11.1 Å². The van der Waals surface area contributed by atoms with Crippen molar-refractivity contribution in [2.45, 2.75) is 6.61 Å². The quantitative estimate of drug-likeness (QED) is 0.200. The highest BCUT2D eigenvalue weighted by Gasteiger charge is 2.16. The fourth-order valence-corrected chi connectivity index (χ4v) is 3.87. The van der Waals surface area contributed by atoms with E-state index in [1.807, 2.05) is 18.2 Å². The molecule has 11 heteroatoms. The Kier molecular flexibility index (Phi) is 9.18. The molecule has 0 spiro atoms. The molecule has 3 aromatic carbocycles. The summed E-state index contributed by atoms with van der Waals surface area (Å²) < 4.78 is 11.9. The molecule has 0 radical (unpaired) electrons. The lowest BCUT2D eigenvalue weighted by Crippen LogP contribution is -2.32. The van der Waals surface area contributed by atoms with Crippen LogP contribution in [-0.2, 0) is 16.2 Å². The molecule has 3 rings (SSSR count). The minimum absolute atomic E-state index is 0.128. The number of anilines is 1. The molecule has 0 saturated carbocycles. The third-order valence-corrected chi connectivity index (χ3v) is 5.95. The number of nitrogens with one attached hydrogen (secondary N) is 2. The number of nitrogens with zero attached hydrogens (tertiary/aromatic N) is 1. The number of hydrogen-bond acceptors (Lipinski definition) is 5. The minimum Gasteiger partial charge on any atom is -0.493 e. The van der Waals surface area contributed by atoms with Crippen LogP contribution in [-0.4, -0.2) is 25.1 Å². The molecule has 0 atom stereocenters. The topological polar surface area (TPSA) is 89.0 Å². The van der Waals surface area contributed by atoms with E-state index < -0.39 is 11.8 Å². The summed E-state index contributed by atoms with van der Waals surface area (Å²) in [6.45, 7) is 0.283. The van der Waals surface area contributed by atoms with Gasteiger partial charge in [-0.15, -0.1) is 0 Å². The monoisotopic (exact) mass is 583 g/mol. The third kappa shape index (κ3) is 6.87. The van der Waals surface area contributed by atoms with Crippen molar-refractivity contribution in [3.8, 4) is 11.5 Å². The summed E-state index contributed by atoms with van der Waals surface area (Å²) in [4.78, 5) is 24.1. The zero-order chi connectivity index (χ0) is 24.7. The van der Waals surface area contributed by atoms with Gasteiger partial charge in [-0.3, -0.25) is 9.59 Å². The van der Waals surface area contributed by atoms with Crippen molar-refractivity contribution >= 4 is 74.4 Å². The summed E-state index contributed by atoms with van der Waals surface area (Å²) in [7, 11) is 1.50. The maximum atomic E-state index is 12.1. The standard InChI is InChI=1S/C23H17BrCl3N3O4/c1-33-19-10-14(9-16(24)21(19)34-12-13-4-2-5-15(25)8-13)11-28-30-23(32)22(31)29-18-7-3-6-17(26)20(18)27/h2-11H,12H2,1H3,(H,29,31)(H,30,32)/b28-11+. The van der Waals surface area contributed by atoms with Gasteiger partial charge in [-0.25, -0.2) is 5.43 Å². The number of rotatable bonds is 7. The van der Waals surface area contributed by atoms with E-state index in [2.05, 4.69) is 31.8 Å². The molecule has 0 aliphatic heterocycles. The molecule has 34 heavy (non-hydrogen) atoms. The predicted molar refractivity (Wildman–Crippen MR) is 137 cm³/mol. The van der Waals surface area contributed by atoms with Gasteiger partial charge in [-0.2, -0.15) is 5.10 Å². The first kappa shape index (κ1) is 25.8. The van der Waals surface area contributed by atoms with Crippen LogP contribution in [0, 0.1) is 0 Å². The summed E-state index contributed by atoms with van der Waals surface area (Å²) >= 11 is 21.4. The van der Waals surface area contributed by atoms with Gasteiger partial charge in [0.1, 0.15) is 6.61 Å². The van der Waals surface area contributed by atoms with E-state index in [4.69, 9.17) is 44.3 Å². The third-order valence-electron chi connectivity index (χ3n) is 4.31. The largest absolute Gasteiger partial charge is 0.493 e. The summed E-state index contributed by atoms with van der Waals surface area (Å²) in [6, 6.07) is 15.4. The fraction of sp³-hybridized carbons (Fsp3) is 0.0870. The van der Waals surface area contributed by atoms with E-state index in [9.17, 15) is 9.59 Å². The van der Waals surface area contributed by atoms with Crippen LogP contribution in [0.4, 0.5) is 5.69 Å². The first-order valence-corrected chi connectivity index (χ1v) is 11.5. The fourth-order valence-electron chi connectivity index (χ4n) is 2.73. The van der Waals surface area contributed by atoms with Crippen LogP contribution < -0.4 is 20.2 Å². The van der Waals surface area contributed by atoms with E-state index in [-0.39, 0.29) is 22.3 Å². The van der Waals surface area contributed by atoms with Crippen LogP contribution in [0.3, 0.4) is 0 Å². The lowest BCUT2D eigenvalue weighted by molar-refractivity contribution is -0.136. The molecule has 0 heterocycles. The predicted octanol–water partition coefficient (Wildman–Crippen LogP) is 6.09. The van der Waals surface area contributed by atoms with E-state index in [1.54, 1.807) is 30.3 Å². The number of carbonyl (C=O) groups is 2. The number of benzene rings is 3. The average molecular weight is 586 g/mol. The second-order valence-electron chi connectivity index (χ2n) is 6.71. The molecule has 2 amide bonds. The van der Waals surface area contributed by atoms with Crippen LogP contribution in [0.2, 0.25) is 15.1 Å². The van der Waals surface area contributed by atoms with Crippen LogP contribution >= 0.6 is 50.7 Å². The van der Waals surface area contributed by atoms with Gasteiger partial charge >= 0.3 is 11.8 Å². The average Bonchev–Trinajstić information content (AvgIpc) is 2.81. The van der Waals surface area contributed by atoms with Crippen molar-refractivity contribution in [1.29, 1.82) is 0 Å². The molecule has 0 aromatic heterocycles. The first-order valence-electron chi connectivity index (χ1n) is 9.61. The molecule has 0 saturated heterocycles. The highest BCUT2D eigenvalue weighted by molar-refractivity contribution is 9.10. The molecule has 0 aliphatic carbocycles. The van der Waals surface area contributed by atoms with Crippen molar-refractivity contribution in [2.24, 2.45) is 5.10 Å². The molecule has 0 bridgehead atoms. The van der Waals surface area contributed by atoms with Gasteiger partial charge in [0.2, 0.25) is 0 Å². The number of hydrogen-bond donors (Lipinski definition) is 2. The lowest BCUT2D eigenvalue weighted by Gasteiger charge is -2.13. The van der Waals surface area contributed by atoms with Crippen molar-refractivity contribution in [3.63, 3.8) is 0 Å². The Labute approximate surface area is 219 Å². The lowest BCUT2D eigenvalue weighted by atomic mass is 10.2. The Hall–Kier alpha value is -2.78. The highest BCUT2D eigenvalue weighted by Crippen LogP contribution is 2.37. The molecule has 3 aromatic rings. The Bertz CT molecular complexity index is 1250. The Morgan fingerprint density at radius 2 is 1.82 bits per heavy atom. The van der Waals surface area contributed by atoms with Gasteiger partial charge in [-0.05, 0) is 63.5 Å². The number of amides is 2. The number of ether oxygens (including phenoxy) is 2. The van der Waals surface area contributed by atoms with Gasteiger partial charge in [0.05, 0.1) is 33.5 Å². The Morgan fingerprint density at radius 1 is 1.06 bits per heavy atom. The van der Waals surface area contributed by atoms with Crippen molar-refractivity contribution < 1.29 is 19.1 Å². The number of halogens is 4. The van der Waals surface area contributed by atoms with Crippen molar-refractivity contribution in [3.05, 3.63) is 85.3 Å². The molecule has 176 valence electrons. The summed E-state index contributed by atoms with van der Waals surface area (Å²) in [5.41, 5.74) is 3.84. The molecule has 7 nitrogen and oxygen atoms in total. The second-order valence-corrected chi connectivity index (χ2v) is 8.78. The number of methoxy groups -OCH3 is 1. The van der Waals surface area contributed by atoms with Gasteiger partial charge in [0.25, 0.3) is 0 Å². The number of hydrazone groups is 1. The van der Waals surface area contributed by atoms with E-state index in [0.29, 0.717) is 26.6 Å². The molecule has 0 aliphatic rings. The maximum Gasteiger partial charge on any atom is 0.329 e. The highest BCUT2D eigenvalue weighted by atomic mass is 79.9.